The fourth-order valence-electron chi connectivity index (χ4n) is 3.63. The molecule has 2 amide bonds. The number of nitrogens with two attached hydrogens (primary N) is 1. The number of nitrogens with zero attached hydrogens (tertiary/aromatic N) is 3. The third-order valence-electron chi connectivity index (χ3n) is 5.28. The highest BCUT2D eigenvalue weighted by Crippen LogP contribution is 2.39. The number of hydrogen-bond donors (Lipinski definition) is 2. The molecule has 13 heteroatoms. The van der Waals surface area contributed by atoms with Gasteiger partial charge in [0.2, 0.25) is 5.71 Å². The van der Waals surface area contributed by atoms with Crippen LogP contribution in [0.5, 0.6) is 11.5 Å². The molecule has 0 saturated heterocycles. The highest BCUT2D eigenvalue weighted by atomic mass is 35.5. The van der Waals surface area contributed by atoms with Crippen LogP contribution in [0.1, 0.15) is 15.9 Å². The first-order chi connectivity index (χ1) is 18.2. The number of nitriles is 1. The number of primary amides is 1. The van der Waals surface area contributed by atoms with E-state index in [1.807, 2.05) is 0 Å². The van der Waals surface area contributed by atoms with Crippen molar-refractivity contribution >= 4 is 58.3 Å². The minimum absolute atomic E-state index is 0.0690. The first-order valence-corrected chi connectivity index (χ1v) is 11.5. The van der Waals surface area contributed by atoms with Gasteiger partial charge in [0.1, 0.15) is 17.6 Å². The van der Waals surface area contributed by atoms with Crippen molar-refractivity contribution in [2.45, 2.75) is 6.42 Å². The average Bonchev–Trinajstić information content (AvgIpc) is 2.86. The summed E-state index contributed by atoms with van der Waals surface area (Å²) in [5.74, 6) is -1.54. The number of rotatable bonds is 6. The predicted molar refractivity (Wildman–Crippen MR) is 137 cm³/mol. The second kappa shape index (κ2) is 11.2. The van der Waals surface area contributed by atoms with Crippen molar-refractivity contribution in [1.29, 1.82) is 5.26 Å². The molecule has 3 aromatic carbocycles. The van der Waals surface area contributed by atoms with Gasteiger partial charge in [-0.2, -0.15) is 10.4 Å². The summed E-state index contributed by atoms with van der Waals surface area (Å²) < 4.78 is 23.6. The molecule has 0 spiro atoms. The Morgan fingerprint density at radius 3 is 2.53 bits per heavy atom. The summed E-state index contributed by atoms with van der Waals surface area (Å²) in [5.41, 5.74) is 8.27. The Kier molecular flexibility index (Phi) is 7.76. The molecule has 10 nitrogen and oxygen atoms in total. The summed E-state index contributed by atoms with van der Waals surface area (Å²) in [6, 6.07) is 14.9. The van der Waals surface area contributed by atoms with Crippen LogP contribution in [-0.2, 0) is 16.0 Å². The number of carbonyl (C=O) groups is 3. The van der Waals surface area contributed by atoms with Crippen LogP contribution in [0.3, 0.4) is 0 Å². The fraction of sp³-hybridized carbons (Fsp3) is 0.0800. The highest BCUT2D eigenvalue weighted by Gasteiger charge is 2.26. The van der Waals surface area contributed by atoms with Crippen molar-refractivity contribution in [3.05, 3.63) is 81.6 Å². The van der Waals surface area contributed by atoms with Gasteiger partial charge in [0, 0.05) is 17.8 Å². The normalized spacial score (nSPS) is 12.8. The van der Waals surface area contributed by atoms with E-state index >= 15 is 0 Å². The highest BCUT2D eigenvalue weighted by molar-refractivity contribution is 6.44. The largest absolute Gasteiger partial charge is 0.454 e. The number of ether oxygens (including phenoxy) is 2. The van der Waals surface area contributed by atoms with Crippen molar-refractivity contribution in [3.63, 3.8) is 0 Å². The number of hydrogen-bond acceptors (Lipinski definition) is 8. The van der Waals surface area contributed by atoms with Gasteiger partial charge in [-0.25, -0.2) is 14.0 Å². The molecule has 1 aliphatic heterocycles. The molecule has 192 valence electrons. The van der Waals surface area contributed by atoms with Gasteiger partial charge in [0.25, 0.3) is 5.91 Å². The third-order valence-corrected chi connectivity index (χ3v) is 5.85. The maximum Gasteiger partial charge on any atom is 0.412 e. The molecular formula is C25H16Cl2FN5O5. The maximum atomic E-state index is 13.6. The first kappa shape index (κ1) is 26.4. The minimum atomic E-state index is -1.39. The summed E-state index contributed by atoms with van der Waals surface area (Å²) in [6.45, 7) is 0.360. The fourth-order valence-corrected chi connectivity index (χ4v) is 4.20. The van der Waals surface area contributed by atoms with E-state index in [1.54, 1.807) is 30.3 Å². The van der Waals surface area contributed by atoms with E-state index < -0.39 is 23.6 Å². The van der Waals surface area contributed by atoms with Crippen LogP contribution in [0, 0.1) is 17.1 Å². The Balaban J connectivity index is 1.50. The van der Waals surface area contributed by atoms with Gasteiger partial charge in [-0.1, -0.05) is 29.3 Å². The van der Waals surface area contributed by atoms with E-state index in [9.17, 15) is 18.8 Å². The maximum absolute atomic E-state index is 13.6. The van der Waals surface area contributed by atoms with Crippen LogP contribution in [0.25, 0.3) is 0 Å². The van der Waals surface area contributed by atoms with Crippen molar-refractivity contribution in [1.82, 2.24) is 0 Å². The lowest BCUT2D eigenvalue weighted by atomic mass is 9.98. The van der Waals surface area contributed by atoms with Gasteiger partial charge in [0.15, 0.2) is 5.75 Å². The quantitative estimate of drug-likeness (QED) is 0.187. The first-order valence-electron chi connectivity index (χ1n) is 10.8. The van der Waals surface area contributed by atoms with E-state index in [-0.39, 0.29) is 27.4 Å². The van der Waals surface area contributed by atoms with Crippen LogP contribution in [-0.4, -0.2) is 30.2 Å². The Morgan fingerprint density at radius 1 is 1.13 bits per heavy atom. The molecule has 0 atom stereocenters. The van der Waals surface area contributed by atoms with Gasteiger partial charge >= 0.3 is 12.1 Å². The molecule has 38 heavy (non-hydrogen) atoms. The standard InChI is InChI=1S/C25H16Cl2FN5O5/c26-19-10-15(31-32-21(12-29)24(35)38-25(30)36)11-20(27)22(19)37-17-4-5-18-13(8-17)6-7-33(23(18)34)16-3-1-2-14(28)9-16/h1-5,8-11,31H,6-7H2,(H2,30,36). The number of anilines is 2. The van der Waals surface area contributed by atoms with Gasteiger partial charge < -0.3 is 20.1 Å². The van der Waals surface area contributed by atoms with E-state index in [0.717, 1.165) is 5.56 Å². The molecule has 4 rings (SSSR count). The lowest BCUT2D eigenvalue weighted by Gasteiger charge is -2.29. The predicted octanol–water partition coefficient (Wildman–Crippen LogP) is 5.04. The van der Waals surface area contributed by atoms with Crippen LogP contribution >= 0.6 is 23.2 Å². The lowest BCUT2D eigenvalue weighted by Crippen LogP contribution is -2.37. The Bertz CT molecular complexity index is 1520. The van der Waals surface area contributed by atoms with Crippen LogP contribution < -0.4 is 20.8 Å². The number of nitrogens with one attached hydrogen (secondary N) is 1. The molecule has 0 aromatic heterocycles. The van der Waals surface area contributed by atoms with Crippen molar-refractivity contribution < 1.29 is 28.2 Å². The topological polar surface area (TPSA) is 147 Å². The number of amides is 2. The molecule has 1 aliphatic rings. The summed E-state index contributed by atoms with van der Waals surface area (Å²) >= 11 is 12.6. The smallest absolute Gasteiger partial charge is 0.412 e. The average molecular weight is 556 g/mol. The number of fused-ring (bicyclic) bond motifs is 1. The molecular weight excluding hydrogens is 540 g/mol. The zero-order valence-corrected chi connectivity index (χ0v) is 20.7. The van der Waals surface area contributed by atoms with Gasteiger partial charge in [-0.15, -0.1) is 0 Å². The third kappa shape index (κ3) is 5.83. The summed E-state index contributed by atoms with van der Waals surface area (Å²) in [5, 5.41) is 12.7. The molecule has 0 bridgehead atoms. The SMILES string of the molecule is N#CC(=NNc1cc(Cl)c(Oc2ccc3c(c2)CCN(c2cccc(F)c2)C3=O)c(Cl)c1)C(=O)OC(N)=O. The molecule has 0 unspecified atom stereocenters. The Labute approximate surface area is 224 Å². The summed E-state index contributed by atoms with van der Waals surface area (Å²) in [6.07, 6.45) is -0.878. The summed E-state index contributed by atoms with van der Waals surface area (Å²) in [7, 11) is 0. The zero-order valence-electron chi connectivity index (χ0n) is 19.2. The number of benzene rings is 3. The van der Waals surface area contributed by atoms with Crippen molar-refractivity contribution in [3.8, 4) is 17.6 Å². The Morgan fingerprint density at radius 2 is 1.87 bits per heavy atom. The molecule has 0 fully saturated rings. The molecule has 1 heterocycles. The van der Waals surface area contributed by atoms with E-state index in [4.69, 9.17) is 38.9 Å². The van der Waals surface area contributed by atoms with Crippen LogP contribution in [0.2, 0.25) is 10.0 Å². The van der Waals surface area contributed by atoms with Crippen LogP contribution in [0.4, 0.5) is 20.6 Å². The molecule has 3 N–H and O–H groups in total. The minimum Gasteiger partial charge on any atom is -0.454 e. The number of esters is 1. The van der Waals surface area contributed by atoms with Crippen molar-refractivity contribution in [2.24, 2.45) is 10.8 Å². The zero-order chi connectivity index (χ0) is 27.4. The van der Waals surface area contributed by atoms with E-state index in [0.29, 0.717) is 30.0 Å². The second-order valence-corrected chi connectivity index (χ2v) is 8.58. The molecule has 0 aliphatic carbocycles. The van der Waals surface area contributed by atoms with Crippen LogP contribution in [0.15, 0.2) is 59.7 Å². The Hall–Kier alpha value is -4.66. The lowest BCUT2D eigenvalue weighted by molar-refractivity contribution is -0.129. The van der Waals surface area contributed by atoms with E-state index in [1.165, 1.54) is 35.2 Å². The molecule has 3 aromatic rings. The van der Waals surface area contributed by atoms with Gasteiger partial charge in [-0.3, -0.25) is 10.2 Å². The monoisotopic (exact) mass is 555 g/mol. The number of halogens is 3. The molecule has 0 saturated carbocycles. The number of hydrazone groups is 1. The second-order valence-electron chi connectivity index (χ2n) is 7.77. The van der Waals surface area contributed by atoms with Gasteiger partial charge in [-0.05, 0) is 60.5 Å². The van der Waals surface area contributed by atoms with Gasteiger partial charge in [0.05, 0.1) is 15.7 Å². The number of carbonyl (C=O) groups excluding carboxylic acids is 3. The summed E-state index contributed by atoms with van der Waals surface area (Å²) in [4.78, 5) is 36.8. The molecule has 0 radical (unpaired) electrons. The van der Waals surface area contributed by atoms with E-state index in [2.05, 4.69) is 15.3 Å². The van der Waals surface area contributed by atoms with Crippen molar-refractivity contribution in [2.75, 3.05) is 16.9 Å².